The number of unbranched alkanes of at least 4 members (excludes halogenated alkanes) is 1. The summed E-state index contributed by atoms with van der Waals surface area (Å²) in [6, 6.07) is 3.71. The largest absolute Gasteiger partial charge is 0.397 e. The van der Waals surface area contributed by atoms with Crippen LogP contribution in [-0.2, 0) is 0 Å². The predicted molar refractivity (Wildman–Crippen MR) is 58.2 cm³/mol. The van der Waals surface area contributed by atoms with Gasteiger partial charge in [0, 0.05) is 13.2 Å². The summed E-state index contributed by atoms with van der Waals surface area (Å²) < 4.78 is 0. The number of rotatable bonds is 5. The minimum Gasteiger partial charge on any atom is -0.397 e. The van der Waals surface area contributed by atoms with Crippen LogP contribution in [0.5, 0.6) is 0 Å². The zero-order chi connectivity index (χ0) is 10.4. The molecule has 0 aliphatic rings. The molecule has 0 unspecified atom stereocenters. The van der Waals surface area contributed by atoms with Crippen molar-refractivity contribution in [2.75, 3.05) is 24.2 Å². The second-order valence-electron chi connectivity index (χ2n) is 3.23. The van der Waals surface area contributed by atoms with Crippen LogP contribution < -0.4 is 11.1 Å². The third kappa shape index (κ3) is 3.22. The van der Waals surface area contributed by atoms with Crippen LogP contribution in [0.25, 0.3) is 0 Å². The smallest absolute Gasteiger partial charge is 0.126 e. The molecule has 0 aliphatic carbocycles. The standard InChI is InChI=1S/C10H17N3O/c1-8-9(11)4-5-10(13-8)12-6-2-3-7-14/h4-5,14H,2-3,6-7,11H2,1H3,(H,12,13). The maximum Gasteiger partial charge on any atom is 0.126 e. The molecule has 0 saturated heterocycles. The minimum atomic E-state index is 0.246. The first-order valence-electron chi connectivity index (χ1n) is 4.82. The number of anilines is 2. The molecule has 0 aliphatic heterocycles. The van der Waals surface area contributed by atoms with Gasteiger partial charge in [-0.15, -0.1) is 0 Å². The maximum atomic E-state index is 8.58. The van der Waals surface area contributed by atoms with Gasteiger partial charge < -0.3 is 16.2 Å². The third-order valence-corrected chi connectivity index (χ3v) is 2.02. The van der Waals surface area contributed by atoms with E-state index in [2.05, 4.69) is 10.3 Å². The van der Waals surface area contributed by atoms with Crippen molar-refractivity contribution in [2.24, 2.45) is 0 Å². The van der Waals surface area contributed by atoms with E-state index in [4.69, 9.17) is 10.8 Å². The van der Waals surface area contributed by atoms with E-state index in [1.807, 2.05) is 19.1 Å². The quantitative estimate of drug-likeness (QED) is 0.616. The Morgan fingerprint density at radius 2 is 2.21 bits per heavy atom. The third-order valence-electron chi connectivity index (χ3n) is 2.02. The lowest BCUT2D eigenvalue weighted by molar-refractivity contribution is 0.286. The lowest BCUT2D eigenvalue weighted by Crippen LogP contribution is -2.05. The Morgan fingerprint density at radius 3 is 2.86 bits per heavy atom. The molecule has 0 fully saturated rings. The molecule has 0 bridgehead atoms. The topological polar surface area (TPSA) is 71.2 Å². The highest BCUT2D eigenvalue weighted by atomic mass is 16.2. The highest BCUT2D eigenvalue weighted by molar-refractivity contribution is 5.48. The van der Waals surface area contributed by atoms with Crippen molar-refractivity contribution in [3.8, 4) is 0 Å². The van der Waals surface area contributed by atoms with E-state index in [-0.39, 0.29) is 6.61 Å². The fraction of sp³-hybridized carbons (Fsp3) is 0.500. The van der Waals surface area contributed by atoms with Crippen LogP contribution in [-0.4, -0.2) is 23.2 Å². The molecule has 0 atom stereocenters. The number of aliphatic hydroxyl groups is 1. The van der Waals surface area contributed by atoms with Crippen molar-refractivity contribution in [1.29, 1.82) is 0 Å². The Kier molecular flexibility index (Phi) is 4.19. The molecule has 1 aromatic rings. The summed E-state index contributed by atoms with van der Waals surface area (Å²) in [5.74, 6) is 0.842. The molecule has 0 radical (unpaired) electrons. The van der Waals surface area contributed by atoms with Crippen LogP contribution in [0.3, 0.4) is 0 Å². The number of nitrogens with one attached hydrogen (secondary N) is 1. The summed E-state index contributed by atoms with van der Waals surface area (Å²) in [7, 11) is 0. The van der Waals surface area contributed by atoms with E-state index in [0.717, 1.165) is 30.9 Å². The number of aryl methyl sites for hydroxylation is 1. The Labute approximate surface area is 84.2 Å². The number of aromatic nitrogens is 1. The number of aliphatic hydroxyl groups excluding tert-OH is 1. The van der Waals surface area contributed by atoms with E-state index >= 15 is 0 Å². The summed E-state index contributed by atoms with van der Waals surface area (Å²) >= 11 is 0. The number of hydrogen-bond donors (Lipinski definition) is 3. The van der Waals surface area contributed by atoms with Crippen LogP contribution in [0.4, 0.5) is 11.5 Å². The highest BCUT2D eigenvalue weighted by Crippen LogP contribution is 2.11. The van der Waals surface area contributed by atoms with Crippen molar-refractivity contribution < 1.29 is 5.11 Å². The molecule has 0 spiro atoms. The Morgan fingerprint density at radius 1 is 1.43 bits per heavy atom. The van der Waals surface area contributed by atoms with Gasteiger partial charge in [-0.25, -0.2) is 4.98 Å². The molecule has 14 heavy (non-hydrogen) atoms. The first-order valence-corrected chi connectivity index (χ1v) is 4.82. The maximum absolute atomic E-state index is 8.58. The molecule has 1 aromatic heterocycles. The molecule has 0 saturated carbocycles. The van der Waals surface area contributed by atoms with Crippen molar-refractivity contribution in [2.45, 2.75) is 19.8 Å². The van der Waals surface area contributed by atoms with Gasteiger partial charge in [0.05, 0.1) is 11.4 Å². The van der Waals surface area contributed by atoms with Crippen LogP contribution in [0, 0.1) is 6.92 Å². The number of nitrogen functional groups attached to an aromatic ring is 1. The van der Waals surface area contributed by atoms with Gasteiger partial charge in [0.1, 0.15) is 5.82 Å². The zero-order valence-corrected chi connectivity index (χ0v) is 8.45. The molecule has 78 valence electrons. The molecular weight excluding hydrogens is 178 g/mol. The summed E-state index contributed by atoms with van der Waals surface area (Å²) in [5, 5.41) is 11.8. The highest BCUT2D eigenvalue weighted by Gasteiger charge is 1.97. The van der Waals surface area contributed by atoms with Crippen molar-refractivity contribution in [3.63, 3.8) is 0 Å². The van der Waals surface area contributed by atoms with Gasteiger partial charge in [-0.2, -0.15) is 0 Å². The lowest BCUT2D eigenvalue weighted by Gasteiger charge is -2.06. The average molecular weight is 195 g/mol. The number of pyridine rings is 1. The van der Waals surface area contributed by atoms with Crippen LogP contribution in [0.15, 0.2) is 12.1 Å². The molecule has 4 nitrogen and oxygen atoms in total. The second kappa shape index (κ2) is 5.44. The molecule has 4 heteroatoms. The van der Waals surface area contributed by atoms with E-state index in [0.29, 0.717) is 5.69 Å². The number of nitrogens with zero attached hydrogens (tertiary/aromatic N) is 1. The summed E-state index contributed by atoms with van der Waals surface area (Å²) in [6.45, 7) is 2.96. The predicted octanol–water partition coefficient (Wildman–Crippen LogP) is 1.16. The van der Waals surface area contributed by atoms with Crippen LogP contribution in [0.2, 0.25) is 0 Å². The molecule has 1 rings (SSSR count). The van der Waals surface area contributed by atoms with Gasteiger partial charge in [0.15, 0.2) is 0 Å². The zero-order valence-electron chi connectivity index (χ0n) is 8.45. The summed E-state index contributed by atoms with van der Waals surface area (Å²) in [6.07, 6.45) is 1.77. The first kappa shape index (κ1) is 10.8. The second-order valence-corrected chi connectivity index (χ2v) is 3.23. The van der Waals surface area contributed by atoms with Gasteiger partial charge in [-0.1, -0.05) is 0 Å². The number of nitrogens with two attached hydrogens (primary N) is 1. The number of hydrogen-bond acceptors (Lipinski definition) is 4. The van der Waals surface area contributed by atoms with Crippen LogP contribution in [0.1, 0.15) is 18.5 Å². The fourth-order valence-corrected chi connectivity index (χ4v) is 1.12. The van der Waals surface area contributed by atoms with Gasteiger partial charge in [0.25, 0.3) is 0 Å². The van der Waals surface area contributed by atoms with Gasteiger partial charge in [-0.3, -0.25) is 0 Å². The molecule has 0 aromatic carbocycles. The van der Waals surface area contributed by atoms with Crippen molar-refractivity contribution >= 4 is 11.5 Å². The molecule has 0 amide bonds. The summed E-state index contributed by atoms with van der Waals surface area (Å²) in [4.78, 5) is 4.27. The van der Waals surface area contributed by atoms with Crippen LogP contribution >= 0.6 is 0 Å². The normalized spacial score (nSPS) is 10.1. The molecular formula is C10H17N3O. The van der Waals surface area contributed by atoms with Crippen molar-refractivity contribution in [1.82, 2.24) is 4.98 Å². The Balaban J connectivity index is 2.39. The minimum absolute atomic E-state index is 0.246. The van der Waals surface area contributed by atoms with Gasteiger partial charge in [0.2, 0.25) is 0 Å². The Hall–Kier alpha value is -1.29. The Bertz CT molecular complexity index is 289. The van der Waals surface area contributed by atoms with E-state index in [9.17, 15) is 0 Å². The monoisotopic (exact) mass is 195 g/mol. The van der Waals surface area contributed by atoms with E-state index < -0.39 is 0 Å². The van der Waals surface area contributed by atoms with Gasteiger partial charge >= 0.3 is 0 Å². The van der Waals surface area contributed by atoms with Gasteiger partial charge in [-0.05, 0) is 31.9 Å². The van der Waals surface area contributed by atoms with E-state index in [1.54, 1.807) is 0 Å². The molecule has 4 N–H and O–H groups in total. The lowest BCUT2D eigenvalue weighted by atomic mass is 10.3. The summed E-state index contributed by atoms with van der Waals surface area (Å²) in [5.41, 5.74) is 7.20. The first-order chi connectivity index (χ1) is 6.74. The van der Waals surface area contributed by atoms with E-state index in [1.165, 1.54) is 0 Å². The SMILES string of the molecule is Cc1nc(NCCCCO)ccc1N. The van der Waals surface area contributed by atoms with Crippen molar-refractivity contribution in [3.05, 3.63) is 17.8 Å². The average Bonchev–Trinajstić information content (AvgIpc) is 2.18. The fourth-order valence-electron chi connectivity index (χ4n) is 1.12. The molecule has 1 heterocycles.